The monoisotopic (exact) mass is 457 g/mol. The second-order valence-electron chi connectivity index (χ2n) is 7.65. The summed E-state index contributed by atoms with van der Waals surface area (Å²) in [5.74, 6) is -0.330. The number of ether oxygens (including phenoxy) is 2. The molecule has 0 radical (unpaired) electrons. The van der Waals surface area contributed by atoms with Crippen LogP contribution >= 0.6 is 0 Å². The summed E-state index contributed by atoms with van der Waals surface area (Å²) in [6, 6.07) is 11.0. The standard InChI is InChI=1S/C24H31N3O6/c1-5-6-13-25-24(29)18(3)26(15-19-10-8-7-9-17(19)2)23(28)16-33-20-11-12-21(27(30)31)22(14-20)32-4/h7-12,14,18H,5-6,13,15-16H2,1-4H3,(H,25,29)/t18-/m1/s1. The Morgan fingerprint density at radius 3 is 2.58 bits per heavy atom. The first-order valence-electron chi connectivity index (χ1n) is 10.8. The molecule has 2 rings (SSSR count). The Hall–Kier alpha value is -3.62. The third-order valence-electron chi connectivity index (χ3n) is 5.31. The van der Waals surface area contributed by atoms with Crippen molar-refractivity contribution in [1.29, 1.82) is 0 Å². The highest BCUT2D eigenvalue weighted by atomic mass is 16.6. The van der Waals surface area contributed by atoms with Crippen molar-refractivity contribution in [1.82, 2.24) is 10.2 Å². The summed E-state index contributed by atoms with van der Waals surface area (Å²) in [6.45, 7) is 6.13. The number of carbonyl (C=O) groups excluding carboxylic acids is 2. The number of hydrogen-bond donors (Lipinski definition) is 1. The van der Waals surface area contributed by atoms with E-state index in [0.29, 0.717) is 6.54 Å². The number of benzene rings is 2. The Labute approximate surface area is 193 Å². The molecule has 0 heterocycles. The van der Waals surface area contributed by atoms with Gasteiger partial charge in [0.05, 0.1) is 12.0 Å². The molecule has 2 aromatic carbocycles. The maximum Gasteiger partial charge on any atom is 0.311 e. The molecule has 0 spiro atoms. The number of nitro benzene ring substituents is 1. The van der Waals surface area contributed by atoms with Crippen LogP contribution in [0.2, 0.25) is 0 Å². The molecule has 0 saturated heterocycles. The molecule has 0 unspecified atom stereocenters. The van der Waals surface area contributed by atoms with E-state index in [9.17, 15) is 19.7 Å². The van der Waals surface area contributed by atoms with Crippen LogP contribution in [0.15, 0.2) is 42.5 Å². The molecule has 2 amide bonds. The summed E-state index contributed by atoms with van der Waals surface area (Å²) >= 11 is 0. The van der Waals surface area contributed by atoms with Crippen molar-refractivity contribution in [3.63, 3.8) is 0 Å². The number of amides is 2. The molecule has 0 aliphatic heterocycles. The zero-order chi connectivity index (χ0) is 24.4. The van der Waals surface area contributed by atoms with Crippen molar-refractivity contribution in [2.45, 2.75) is 46.2 Å². The first-order valence-corrected chi connectivity index (χ1v) is 10.8. The van der Waals surface area contributed by atoms with Crippen LogP contribution in [0.5, 0.6) is 11.5 Å². The van der Waals surface area contributed by atoms with Gasteiger partial charge < -0.3 is 19.7 Å². The number of hydrogen-bond acceptors (Lipinski definition) is 6. The Morgan fingerprint density at radius 1 is 1.21 bits per heavy atom. The van der Waals surface area contributed by atoms with E-state index in [1.54, 1.807) is 6.92 Å². The van der Waals surface area contributed by atoms with Crippen molar-refractivity contribution in [3.05, 3.63) is 63.7 Å². The maximum absolute atomic E-state index is 13.1. The Balaban J connectivity index is 2.18. The molecule has 0 saturated carbocycles. The van der Waals surface area contributed by atoms with Crippen LogP contribution in [0.3, 0.4) is 0 Å². The number of unbranched alkanes of at least 4 members (excludes halogenated alkanes) is 1. The van der Waals surface area contributed by atoms with Crippen LogP contribution in [0.4, 0.5) is 5.69 Å². The van der Waals surface area contributed by atoms with E-state index < -0.39 is 11.0 Å². The number of aryl methyl sites for hydroxylation is 1. The smallest absolute Gasteiger partial charge is 0.311 e. The molecule has 0 aromatic heterocycles. The van der Waals surface area contributed by atoms with Crippen LogP contribution in [-0.4, -0.2) is 47.9 Å². The van der Waals surface area contributed by atoms with E-state index in [-0.39, 0.29) is 42.2 Å². The topological polar surface area (TPSA) is 111 Å². The molecular weight excluding hydrogens is 426 g/mol. The number of nitro groups is 1. The van der Waals surface area contributed by atoms with Gasteiger partial charge in [0, 0.05) is 25.2 Å². The summed E-state index contributed by atoms with van der Waals surface area (Å²) < 4.78 is 10.6. The van der Waals surface area contributed by atoms with E-state index in [2.05, 4.69) is 5.32 Å². The normalized spacial score (nSPS) is 11.4. The third-order valence-corrected chi connectivity index (χ3v) is 5.31. The molecule has 9 heteroatoms. The molecule has 0 aliphatic carbocycles. The molecule has 0 fully saturated rings. The van der Waals surface area contributed by atoms with Crippen molar-refractivity contribution in [2.24, 2.45) is 0 Å². The highest BCUT2D eigenvalue weighted by Crippen LogP contribution is 2.30. The van der Waals surface area contributed by atoms with E-state index >= 15 is 0 Å². The highest BCUT2D eigenvalue weighted by Gasteiger charge is 2.27. The van der Waals surface area contributed by atoms with E-state index in [4.69, 9.17) is 9.47 Å². The predicted molar refractivity (Wildman–Crippen MR) is 124 cm³/mol. The first kappa shape index (κ1) is 25.6. The van der Waals surface area contributed by atoms with Gasteiger partial charge in [-0.1, -0.05) is 37.6 Å². The quantitative estimate of drug-likeness (QED) is 0.296. The molecule has 2 aromatic rings. The van der Waals surface area contributed by atoms with Gasteiger partial charge in [-0.25, -0.2) is 0 Å². The number of rotatable bonds is 12. The summed E-state index contributed by atoms with van der Waals surface area (Å²) in [7, 11) is 1.32. The van der Waals surface area contributed by atoms with Gasteiger partial charge in [0.25, 0.3) is 5.91 Å². The van der Waals surface area contributed by atoms with Crippen molar-refractivity contribution < 1.29 is 24.0 Å². The lowest BCUT2D eigenvalue weighted by molar-refractivity contribution is -0.385. The van der Waals surface area contributed by atoms with Gasteiger partial charge in [-0.2, -0.15) is 0 Å². The zero-order valence-electron chi connectivity index (χ0n) is 19.5. The lowest BCUT2D eigenvalue weighted by Gasteiger charge is -2.29. The summed E-state index contributed by atoms with van der Waals surface area (Å²) in [5.41, 5.74) is 1.74. The zero-order valence-corrected chi connectivity index (χ0v) is 19.5. The van der Waals surface area contributed by atoms with Crippen LogP contribution in [0.1, 0.15) is 37.8 Å². The molecule has 1 N–H and O–H groups in total. The van der Waals surface area contributed by atoms with Gasteiger partial charge in [-0.05, 0) is 37.5 Å². The molecule has 33 heavy (non-hydrogen) atoms. The van der Waals surface area contributed by atoms with Gasteiger partial charge in [0.1, 0.15) is 11.8 Å². The van der Waals surface area contributed by atoms with E-state index in [1.807, 2.05) is 38.1 Å². The largest absolute Gasteiger partial charge is 0.490 e. The van der Waals surface area contributed by atoms with E-state index in [0.717, 1.165) is 24.0 Å². The van der Waals surface area contributed by atoms with Crippen LogP contribution in [-0.2, 0) is 16.1 Å². The first-order chi connectivity index (χ1) is 15.8. The van der Waals surface area contributed by atoms with Crippen molar-refractivity contribution in [2.75, 3.05) is 20.3 Å². The predicted octanol–water partition coefficient (Wildman–Crippen LogP) is 3.62. The molecule has 9 nitrogen and oxygen atoms in total. The number of methoxy groups -OCH3 is 1. The lowest BCUT2D eigenvalue weighted by Crippen LogP contribution is -2.49. The minimum absolute atomic E-state index is 0.0328. The number of nitrogens with zero attached hydrogens (tertiary/aromatic N) is 2. The number of nitrogens with one attached hydrogen (secondary N) is 1. The Bertz CT molecular complexity index is 978. The fourth-order valence-electron chi connectivity index (χ4n) is 3.22. The molecule has 0 aliphatic rings. The summed E-state index contributed by atoms with van der Waals surface area (Å²) in [5, 5.41) is 13.9. The average molecular weight is 458 g/mol. The molecule has 0 bridgehead atoms. The second kappa shape index (κ2) is 12.4. The lowest BCUT2D eigenvalue weighted by atomic mass is 10.1. The SMILES string of the molecule is CCCCNC(=O)[C@@H](C)N(Cc1ccccc1C)C(=O)COc1ccc([N+](=O)[O-])c(OC)c1. The molecular formula is C24H31N3O6. The Kier molecular flexibility index (Phi) is 9.65. The minimum Gasteiger partial charge on any atom is -0.490 e. The van der Waals surface area contributed by atoms with Gasteiger partial charge in [0.15, 0.2) is 6.61 Å². The molecule has 178 valence electrons. The van der Waals surface area contributed by atoms with Crippen LogP contribution < -0.4 is 14.8 Å². The van der Waals surface area contributed by atoms with Gasteiger partial charge in [0.2, 0.25) is 11.7 Å². The number of carbonyl (C=O) groups is 2. The summed E-state index contributed by atoms with van der Waals surface area (Å²) in [4.78, 5) is 37.8. The van der Waals surface area contributed by atoms with Gasteiger partial charge >= 0.3 is 5.69 Å². The fourth-order valence-corrected chi connectivity index (χ4v) is 3.22. The van der Waals surface area contributed by atoms with Gasteiger partial charge in [-0.3, -0.25) is 19.7 Å². The fraction of sp³-hybridized carbons (Fsp3) is 0.417. The van der Waals surface area contributed by atoms with Crippen molar-refractivity contribution in [3.8, 4) is 11.5 Å². The van der Waals surface area contributed by atoms with Gasteiger partial charge in [-0.15, -0.1) is 0 Å². The maximum atomic E-state index is 13.1. The van der Waals surface area contributed by atoms with Crippen LogP contribution in [0.25, 0.3) is 0 Å². The average Bonchev–Trinajstić information content (AvgIpc) is 2.81. The highest BCUT2D eigenvalue weighted by molar-refractivity contribution is 5.88. The third kappa shape index (κ3) is 7.20. The van der Waals surface area contributed by atoms with Crippen molar-refractivity contribution >= 4 is 17.5 Å². The second-order valence-corrected chi connectivity index (χ2v) is 7.65. The summed E-state index contributed by atoms with van der Waals surface area (Å²) in [6.07, 6.45) is 1.81. The molecule has 1 atom stereocenters. The van der Waals surface area contributed by atoms with Crippen LogP contribution in [0, 0.1) is 17.0 Å². The Morgan fingerprint density at radius 2 is 1.94 bits per heavy atom. The minimum atomic E-state index is -0.705. The van der Waals surface area contributed by atoms with E-state index in [1.165, 1.54) is 30.2 Å².